The van der Waals surface area contributed by atoms with Gasteiger partial charge in [0.2, 0.25) is 0 Å². The third kappa shape index (κ3) is 4.76. The monoisotopic (exact) mass is 257 g/mol. The summed E-state index contributed by atoms with van der Waals surface area (Å²) < 4.78 is 4.97. The summed E-state index contributed by atoms with van der Waals surface area (Å²) in [6.07, 6.45) is 3.93. The van der Waals surface area contributed by atoms with Gasteiger partial charge in [-0.15, -0.1) is 0 Å². The molecule has 0 amide bonds. The number of hydrogen-bond acceptors (Lipinski definition) is 3. The minimum atomic E-state index is -0.302. The maximum atomic E-state index is 10.8. The van der Waals surface area contributed by atoms with E-state index < -0.39 is 0 Å². The summed E-state index contributed by atoms with van der Waals surface area (Å²) in [4.78, 5) is 13.2. The Hall–Kier alpha value is -1.79. The molecule has 100 valence electrons. The molecule has 0 aliphatic carbocycles. The summed E-state index contributed by atoms with van der Waals surface area (Å²) in [7, 11) is 0. The van der Waals surface area contributed by atoms with Gasteiger partial charge in [0.1, 0.15) is 5.75 Å². The van der Waals surface area contributed by atoms with Crippen LogP contribution in [0.25, 0.3) is 0 Å². The van der Waals surface area contributed by atoms with Gasteiger partial charge in [0.25, 0.3) is 0 Å². The van der Waals surface area contributed by atoms with E-state index in [1.807, 2.05) is 12.1 Å². The van der Waals surface area contributed by atoms with Crippen LogP contribution >= 0.6 is 0 Å². The summed E-state index contributed by atoms with van der Waals surface area (Å²) in [6.45, 7) is 4.57. The summed E-state index contributed by atoms with van der Waals surface area (Å²) in [5.41, 5.74) is 0.952. The molecule has 0 radical (unpaired) electrons. The number of esters is 1. The fourth-order valence-corrected chi connectivity index (χ4v) is 2.14. The Morgan fingerprint density at radius 1 is 1.21 bits per heavy atom. The molecular weight excluding hydrogens is 238 g/mol. The zero-order chi connectivity index (χ0) is 13.5. The first-order valence-electron chi connectivity index (χ1n) is 6.74. The highest BCUT2D eigenvalue weighted by Crippen LogP contribution is 2.11. The van der Waals surface area contributed by atoms with E-state index in [9.17, 15) is 4.79 Å². The molecule has 0 atom stereocenters. The lowest BCUT2D eigenvalue weighted by molar-refractivity contribution is -0.131. The molecule has 1 saturated heterocycles. The van der Waals surface area contributed by atoms with Crippen LogP contribution in [0.3, 0.4) is 0 Å². The Labute approximate surface area is 114 Å². The molecule has 0 N–H and O–H groups in total. The van der Waals surface area contributed by atoms with Crippen LogP contribution in [0.5, 0.6) is 5.75 Å². The van der Waals surface area contributed by atoms with Gasteiger partial charge in [0.05, 0.1) is 6.54 Å². The van der Waals surface area contributed by atoms with Crippen molar-refractivity contribution in [2.75, 3.05) is 19.6 Å². The second kappa shape index (κ2) is 6.96. The Kier molecular flexibility index (Phi) is 5.00. The normalized spacial score (nSPS) is 15.4. The summed E-state index contributed by atoms with van der Waals surface area (Å²) in [6, 6.07) is 7.29. The number of piperidine rings is 1. The van der Waals surface area contributed by atoms with Gasteiger partial charge in [-0.3, -0.25) is 9.69 Å². The van der Waals surface area contributed by atoms with Crippen molar-refractivity contribution in [2.45, 2.75) is 26.2 Å². The van der Waals surface area contributed by atoms with E-state index in [4.69, 9.17) is 4.74 Å². The van der Waals surface area contributed by atoms with E-state index in [1.165, 1.54) is 39.3 Å². The maximum absolute atomic E-state index is 10.8. The van der Waals surface area contributed by atoms with Crippen molar-refractivity contribution in [1.29, 1.82) is 0 Å². The number of rotatable bonds is 2. The van der Waals surface area contributed by atoms with Gasteiger partial charge in [0, 0.05) is 12.5 Å². The fraction of sp³-hybridized carbons (Fsp3) is 0.438. The molecule has 0 saturated carbocycles. The Morgan fingerprint density at radius 2 is 1.89 bits per heavy atom. The lowest BCUT2D eigenvalue weighted by Gasteiger charge is -2.23. The lowest BCUT2D eigenvalue weighted by Crippen LogP contribution is -2.29. The largest absolute Gasteiger partial charge is 0.427 e. The Balaban J connectivity index is 1.86. The number of nitrogens with zero attached hydrogens (tertiary/aromatic N) is 1. The summed E-state index contributed by atoms with van der Waals surface area (Å²) in [5, 5.41) is 0. The van der Waals surface area contributed by atoms with E-state index in [2.05, 4.69) is 16.7 Å². The zero-order valence-corrected chi connectivity index (χ0v) is 11.3. The summed E-state index contributed by atoms with van der Waals surface area (Å²) in [5.74, 6) is 6.60. The predicted octanol–water partition coefficient (Wildman–Crippen LogP) is 2.45. The van der Waals surface area contributed by atoms with Crippen LogP contribution in [0, 0.1) is 11.8 Å². The van der Waals surface area contributed by atoms with E-state index >= 15 is 0 Å². The van der Waals surface area contributed by atoms with E-state index in [1.54, 1.807) is 12.1 Å². The van der Waals surface area contributed by atoms with Crippen molar-refractivity contribution in [3.8, 4) is 17.6 Å². The Morgan fingerprint density at radius 3 is 2.53 bits per heavy atom. The molecule has 1 aliphatic rings. The van der Waals surface area contributed by atoms with E-state index in [-0.39, 0.29) is 5.97 Å². The number of ether oxygens (including phenoxy) is 1. The van der Waals surface area contributed by atoms with Gasteiger partial charge in [0.15, 0.2) is 0 Å². The molecular formula is C16H19NO2. The Bertz CT molecular complexity index is 476. The second-order valence-electron chi connectivity index (χ2n) is 4.76. The molecule has 1 aromatic carbocycles. The van der Waals surface area contributed by atoms with Crippen molar-refractivity contribution in [3.05, 3.63) is 29.8 Å². The summed E-state index contributed by atoms with van der Waals surface area (Å²) >= 11 is 0. The third-order valence-corrected chi connectivity index (χ3v) is 3.10. The number of carbonyl (C=O) groups excluding carboxylic acids is 1. The van der Waals surface area contributed by atoms with Crippen molar-refractivity contribution >= 4 is 5.97 Å². The predicted molar refractivity (Wildman–Crippen MR) is 74.9 cm³/mol. The minimum Gasteiger partial charge on any atom is -0.427 e. The molecule has 0 spiro atoms. The van der Waals surface area contributed by atoms with Crippen molar-refractivity contribution in [3.63, 3.8) is 0 Å². The lowest BCUT2D eigenvalue weighted by atomic mass is 10.1. The van der Waals surface area contributed by atoms with Gasteiger partial charge in [-0.25, -0.2) is 0 Å². The molecule has 3 heteroatoms. The first-order valence-corrected chi connectivity index (χ1v) is 6.74. The second-order valence-corrected chi connectivity index (χ2v) is 4.76. The first kappa shape index (κ1) is 13.6. The standard InChI is InChI=1S/C16H19NO2/c1-14(18)19-16-9-7-15(8-10-16)6-5-13-17-11-3-2-4-12-17/h7-10H,2-4,11-13H2,1H3. The van der Waals surface area contributed by atoms with E-state index in [0.717, 1.165) is 12.1 Å². The number of hydrogen-bond donors (Lipinski definition) is 0. The highest BCUT2D eigenvalue weighted by atomic mass is 16.5. The molecule has 1 heterocycles. The smallest absolute Gasteiger partial charge is 0.308 e. The van der Waals surface area contributed by atoms with Gasteiger partial charge in [-0.1, -0.05) is 18.3 Å². The molecule has 0 bridgehead atoms. The molecule has 0 aromatic heterocycles. The van der Waals surface area contributed by atoms with Gasteiger partial charge in [-0.2, -0.15) is 0 Å². The van der Waals surface area contributed by atoms with Crippen molar-refractivity contribution < 1.29 is 9.53 Å². The average molecular weight is 257 g/mol. The number of benzene rings is 1. The molecule has 0 unspecified atom stereocenters. The highest BCUT2D eigenvalue weighted by molar-refractivity contribution is 5.69. The molecule has 1 fully saturated rings. The molecule has 19 heavy (non-hydrogen) atoms. The maximum Gasteiger partial charge on any atom is 0.308 e. The quantitative estimate of drug-likeness (QED) is 0.463. The van der Waals surface area contributed by atoms with Crippen LogP contribution in [0.15, 0.2) is 24.3 Å². The molecule has 3 nitrogen and oxygen atoms in total. The van der Waals surface area contributed by atoms with Crippen LogP contribution in [0.4, 0.5) is 0 Å². The SMILES string of the molecule is CC(=O)Oc1ccc(C#CCN2CCCCC2)cc1. The molecule has 2 rings (SSSR count). The van der Waals surface area contributed by atoms with Crippen LogP contribution in [0.1, 0.15) is 31.7 Å². The van der Waals surface area contributed by atoms with E-state index in [0.29, 0.717) is 5.75 Å². The van der Waals surface area contributed by atoms with Crippen LogP contribution in [-0.4, -0.2) is 30.5 Å². The fourth-order valence-electron chi connectivity index (χ4n) is 2.14. The molecule has 1 aliphatic heterocycles. The average Bonchev–Trinajstić information content (AvgIpc) is 2.41. The van der Waals surface area contributed by atoms with Crippen LogP contribution in [0.2, 0.25) is 0 Å². The molecule has 1 aromatic rings. The van der Waals surface area contributed by atoms with Crippen LogP contribution in [-0.2, 0) is 4.79 Å². The zero-order valence-electron chi connectivity index (χ0n) is 11.3. The number of likely N-dealkylation sites (tertiary alicyclic amines) is 1. The van der Waals surface area contributed by atoms with Crippen molar-refractivity contribution in [2.24, 2.45) is 0 Å². The van der Waals surface area contributed by atoms with Gasteiger partial charge < -0.3 is 4.74 Å². The topological polar surface area (TPSA) is 29.5 Å². The third-order valence-electron chi connectivity index (χ3n) is 3.10. The van der Waals surface area contributed by atoms with Gasteiger partial charge >= 0.3 is 5.97 Å². The highest BCUT2D eigenvalue weighted by Gasteiger charge is 2.07. The minimum absolute atomic E-state index is 0.302. The van der Waals surface area contributed by atoms with Crippen LogP contribution < -0.4 is 4.74 Å². The number of carbonyl (C=O) groups is 1. The van der Waals surface area contributed by atoms with Crippen molar-refractivity contribution in [1.82, 2.24) is 4.90 Å². The first-order chi connectivity index (χ1) is 9.24. The van der Waals surface area contributed by atoms with Gasteiger partial charge in [-0.05, 0) is 50.2 Å².